The van der Waals surface area contributed by atoms with Crippen LogP contribution in [0.1, 0.15) is 290 Å². The van der Waals surface area contributed by atoms with Gasteiger partial charge in [-0.3, -0.25) is 18.6 Å². The molecule has 0 aromatic rings. The number of carbonyl (C=O) groups is 2. The van der Waals surface area contributed by atoms with Crippen LogP contribution in [0.2, 0.25) is 0 Å². The molecule has 0 aliphatic rings. The number of nitrogens with zero attached hydrogens (tertiary/aromatic N) is 1. The maximum Gasteiger partial charge on any atom is 0.472 e. The zero-order chi connectivity index (χ0) is 60.7. The minimum atomic E-state index is -4.46. The van der Waals surface area contributed by atoms with E-state index in [2.05, 4.69) is 123 Å². The van der Waals surface area contributed by atoms with E-state index in [0.717, 1.165) is 128 Å². The third kappa shape index (κ3) is 63.0. The normalized spacial score (nSPS) is 14.3. The Morgan fingerprint density at radius 1 is 0.434 bits per heavy atom. The topological polar surface area (TPSA) is 111 Å². The lowest BCUT2D eigenvalue weighted by Gasteiger charge is -2.27. The van der Waals surface area contributed by atoms with Crippen LogP contribution in [0.4, 0.5) is 0 Å². The first-order chi connectivity index (χ1) is 40.4. The van der Waals surface area contributed by atoms with Gasteiger partial charge in [0.25, 0.3) is 0 Å². The van der Waals surface area contributed by atoms with Crippen molar-refractivity contribution in [2.45, 2.75) is 303 Å². The molecule has 10 heteroatoms. The summed E-state index contributed by atoms with van der Waals surface area (Å²) in [5.74, 6) is -0.525. The van der Waals surface area contributed by atoms with E-state index < -0.39 is 20.0 Å². The van der Waals surface area contributed by atoms with Crippen LogP contribution < -0.4 is 5.32 Å². The van der Waals surface area contributed by atoms with Gasteiger partial charge in [-0.05, 0) is 115 Å². The molecule has 0 rings (SSSR count). The number of phosphoric ester groups is 1. The molecule has 0 fully saturated rings. The van der Waals surface area contributed by atoms with Gasteiger partial charge in [0.15, 0.2) is 0 Å². The highest BCUT2D eigenvalue weighted by atomic mass is 31.2. The van der Waals surface area contributed by atoms with E-state index in [4.69, 9.17) is 13.8 Å². The summed E-state index contributed by atoms with van der Waals surface area (Å²) in [5, 5.41) is 3.06. The van der Waals surface area contributed by atoms with Crippen molar-refractivity contribution in [1.82, 2.24) is 5.32 Å². The van der Waals surface area contributed by atoms with Crippen molar-refractivity contribution in [2.75, 3.05) is 40.9 Å². The average molecular weight is 1180 g/mol. The van der Waals surface area contributed by atoms with Crippen LogP contribution in [0.15, 0.2) is 109 Å². The fraction of sp³-hybridized carbons (Fsp3) is 0.726. The van der Waals surface area contributed by atoms with E-state index >= 15 is 0 Å². The van der Waals surface area contributed by atoms with E-state index in [1.54, 1.807) is 0 Å². The summed E-state index contributed by atoms with van der Waals surface area (Å²) >= 11 is 0. The van der Waals surface area contributed by atoms with Crippen LogP contribution in [0.3, 0.4) is 0 Å². The number of allylic oxidation sites excluding steroid dienone is 17. The second kappa shape index (κ2) is 61.7. The minimum absolute atomic E-state index is 0.0319. The molecule has 83 heavy (non-hydrogen) atoms. The molecular weight excluding hydrogens is 1050 g/mol. The number of esters is 1. The van der Waals surface area contributed by atoms with Crippen LogP contribution in [0.5, 0.6) is 0 Å². The standard InChI is InChI=1S/C73H129N2O7P/c1-7-10-13-16-19-22-25-27-29-31-33-35-36-37-38-40-41-43-45-47-50-53-56-59-62-65-72(76)74-70(69-81-83(78,79)80-68-67-75(4,5)6)71(64-61-58-55-52-49-24-21-18-15-12-9-3)82-73(77)66-63-60-57-54-51-48-46-44-42-39-34-32-30-28-26-23-20-17-14-11-8-2/h10,13,19-20,22-23,27-30,33,35,37-38,41,43,61,64,70-71H,7-9,11-12,14-18,21,24-26,31-32,34,36,39-40,42,44-60,62-63,65-69H2,1-6H3,(H-,74,76,78,79)/p+1/b13-10-,22-19-,23-20-,29-27-,30-28-,35-33-,38-37-,43-41-,64-61-. The second-order valence-electron chi connectivity index (χ2n) is 24.0. The van der Waals surface area contributed by atoms with Crippen LogP contribution in [-0.4, -0.2) is 74.3 Å². The molecule has 0 aliphatic heterocycles. The molecule has 0 bridgehead atoms. The van der Waals surface area contributed by atoms with Gasteiger partial charge in [0, 0.05) is 12.8 Å². The fourth-order valence-electron chi connectivity index (χ4n) is 9.44. The van der Waals surface area contributed by atoms with Crippen molar-refractivity contribution in [3.8, 4) is 0 Å². The van der Waals surface area contributed by atoms with Gasteiger partial charge in [-0.15, -0.1) is 0 Å². The summed E-state index contributed by atoms with van der Waals surface area (Å²) in [6.45, 7) is 6.86. The summed E-state index contributed by atoms with van der Waals surface area (Å²) in [6, 6.07) is -0.864. The third-order valence-corrected chi connectivity index (χ3v) is 15.7. The number of hydrogen-bond donors (Lipinski definition) is 2. The lowest BCUT2D eigenvalue weighted by Crippen LogP contribution is -2.47. The molecule has 3 atom stereocenters. The Balaban J connectivity index is 5.13. The summed E-state index contributed by atoms with van der Waals surface area (Å²) in [7, 11) is 1.47. The zero-order valence-corrected chi connectivity index (χ0v) is 55.6. The lowest BCUT2D eigenvalue weighted by atomic mass is 10.0. The van der Waals surface area contributed by atoms with Gasteiger partial charge in [0.2, 0.25) is 5.91 Å². The van der Waals surface area contributed by atoms with Crippen LogP contribution >= 0.6 is 7.82 Å². The second-order valence-corrected chi connectivity index (χ2v) is 25.4. The molecule has 1 amide bonds. The van der Waals surface area contributed by atoms with Crippen LogP contribution in [0, 0.1) is 0 Å². The Bertz CT molecular complexity index is 1790. The number of carbonyl (C=O) groups excluding carboxylic acids is 2. The first-order valence-corrected chi connectivity index (χ1v) is 35.7. The molecule has 0 spiro atoms. The molecule has 478 valence electrons. The summed E-state index contributed by atoms with van der Waals surface area (Å²) < 4.78 is 30.8. The van der Waals surface area contributed by atoms with E-state index in [0.29, 0.717) is 17.4 Å². The molecule has 0 saturated carbocycles. The highest BCUT2D eigenvalue weighted by Gasteiger charge is 2.30. The zero-order valence-electron chi connectivity index (χ0n) is 54.7. The molecule has 0 aromatic heterocycles. The summed E-state index contributed by atoms with van der Waals surface area (Å²) in [4.78, 5) is 37.8. The van der Waals surface area contributed by atoms with Crippen molar-refractivity contribution in [3.05, 3.63) is 109 Å². The first kappa shape index (κ1) is 79.7. The van der Waals surface area contributed by atoms with Gasteiger partial charge in [-0.2, -0.15) is 0 Å². The van der Waals surface area contributed by atoms with Crippen LogP contribution in [0.25, 0.3) is 0 Å². The Morgan fingerprint density at radius 3 is 1.18 bits per heavy atom. The van der Waals surface area contributed by atoms with E-state index in [9.17, 15) is 19.0 Å². The van der Waals surface area contributed by atoms with Gasteiger partial charge in [0.1, 0.15) is 19.3 Å². The third-order valence-electron chi connectivity index (χ3n) is 14.7. The monoisotopic (exact) mass is 1180 g/mol. The van der Waals surface area contributed by atoms with Gasteiger partial charge in [0.05, 0.1) is 33.8 Å². The SMILES string of the molecule is CC/C=C\C/C=C\C/C=C\C/C=C\C/C=C\C/C=C\CCCCCCCCC(=O)NC(COP(=O)(O)OCC[N+](C)(C)C)C(/C=C\CCCCCCCCCCC)OC(=O)CCCCCCCCCCCCC/C=C\C/C=C\CCCCC. The largest absolute Gasteiger partial charge is 0.472 e. The molecular formula is C73H130N2O7P+. The first-order valence-electron chi connectivity index (χ1n) is 34.2. The summed E-state index contributed by atoms with van der Waals surface area (Å²) in [6.07, 6.45) is 85.2. The predicted octanol–water partition coefficient (Wildman–Crippen LogP) is 21.7. The Kier molecular flexibility index (Phi) is 59.3. The van der Waals surface area contributed by atoms with Gasteiger partial charge >= 0.3 is 13.8 Å². The predicted molar refractivity (Wildman–Crippen MR) is 360 cm³/mol. The van der Waals surface area contributed by atoms with Gasteiger partial charge in [-0.25, -0.2) is 4.57 Å². The Hall–Kier alpha value is -3.33. The number of unbranched alkanes of at least 4 members (excludes halogenated alkanes) is 29. The smallest absolute Gasteiger partial charge is 0.456 e. The number of likely N-dealkylation sites (N-methyl/N-ethyl adjacent to an activating group) is 1. The van der Waals surface area contributed by atoms with Crippen molar-refractivity contribution < 1.29 is 37.3 Å². The highest BCUT2D eigenvalue weighted by Crippen LogP contribution is 2.43. The maximum atomic E-state index is 13.6. The Morgan fingerprint density at radius 2 is 0.771 bits per heavy atom. The van der Waals surface area contributed by atoms with Crippen molar-refractivity contribution in [3.63, 3.8) is 0 Å². The average Bonchev–Trinajstić information content (AvgIpc) is 3.51. The number of hydrogen-bond acceptors (Lipinski definition) is 6. The molecule has 0 heterocycles. The molecule has 0 saturated heterocycles. The van der Waals surface area contributed by atoms with E-state index in [1.165, 1.54) is 128 Å². The molecule has 0 radical (unpaired) electrons. The van der Waals surface area contributed by atoms with E-state index in [1.807, 2.05) is 33.3 Å². The maximum absolute atomic E-state index is 13.6. The fourth-order valence-corrected chi connectivity index (χ4v) is 10.2. The number of amides is 1. The molecule has 0 aromatic carbocycles. The number of rotatable bonds is 61. The molecule has 2 N–H and O–H groups in total. The molecule has 9 nitrogen and oxygen atoms in total. The summed E-state index contributed by atoms with van der Waals surface area (Å²) in [5.41, 5.74) is 0. The van der Waals surface area contributed by atoms with Crippen LogP contribution in [-0.2, 0) is 27.9 Å². The van der Waals surface area contributed by atoms with Gasteiger partial charge < -0.3 is 19.4 Å². The number of phosphoric acid groups is 1. The minimum Gasteiger partial charge on any atom is -0.456 e. The highest BCUT2D eigenvalue weighted by molar-refractivity contribution is 7.47. The van der Waals surface area contributed by atoms with Crippen molar-refractivity contribution in [2.24, 2.45) is 0 Å². The van der Waals surface area contributed by atoms with Crippen molar-refractivity contribution in [1.29, 1.82) is 0 Å². The van der Waals surface area contributed by atoms with Crippen molar-refractivity contribution >= 4 is 19.7 Å². The number of nitrogens with one attached hydrogen (secondary N) is 1. The van der Waals surface area contributed by atoms with E-state index in [-0.39, 0.29) is 31.5 Å². The van der Waals surface area contributed by atoms with Gasteiger partial charge in [-0.1, -0.05) is 272 Å². The molecule has 3 unspecified atom stereocenters. The number of ether oxygens (including phenoxy) is 1. The quantitative estimate of drug-likeness (QED) is 0.0205. The molecule has 0 aliphatic carbocycles. The lowest BCUT2D eigenvalue weighted by molar-refractivity contribution is -0.870. The Labute approximate surface area is 512 Å². The number of quaternary nitrogens is 1.